The minimum Gasteiger partial charge on any atom is -0.219 e. The maximum absolute atomic E-state index is 11.2. The molecule has 0 N–H and O–H groups in total. The predicted octanol–water partition coefficient (Wildman–Crippen LogP) is 3.50. The van der Waals surface area contributed by atoms with Crippen LogP contribution in [0.3, 0.4) is 0 Å². The van der Waals surface area contributed by atoms with Crippen molar-refractivity contribution in [3.8, 4) is 0 Å². The van der Waals surface area contributed by atoms with Gasteiger partial charge in [0.2, 0.25) is 0 Å². The average molecular weight is 238 g/mol. The van der Waals surface area contributed by atoms with Crippen LogP contribution in [0.1, 0.15) is 33.3 Å². The van der Waals surface area contributed by atoms with Gasteiger partial charge in [-0.25, -0.2) is 8.42 Å². The zero-order valence-electron chi connectivity index (χ0n) is 10.2. The van der Waals surface area contributed by atoms with Crippen molar-refractivity contribution in [2.24, 2.45) is 5.41 Å². The van der Waals surface area contributed by atoms with Crippen LogP contribution >= 0.6 is 0 Å². The van der Waals surface area contributed by atoms with Crippen molar-refractivity contribution >= 4 is 15.9 Å². The fraction of sp³-hybridized carbons (Fsp3) is 0.385. The third kappa shape index (κ3) is 3.81. The molecule has 88 valence electrons. The fourth-order valence-corrected chi connectivity index (χ4v) is 2.32. The molecule has 0 bridgehead atoms. The Morgan fingerprint density at radius 1 is 1.00 bits per heavy atom. The Bertz CT molecular complexity index is 485. The summed E-state index contributed by atoms with van der Waals surface area (Å²) in [6, 6.07) is 6.95. The molecule has 2 rings (SSSR count). The summed E-state index contributed by atoms with van der Waals surface area (Å²) in [6.45, 7) is 8.75. The zero-order chi connectivity index (χ0) is 12.4. The molecular formula is C13H18O2S. The molecule has 0 aromatic heterocycles. The van der Waals surface area contributed by atoms with Gasteiger partial charge in [0.1, 0.15) is 0 Å². The Kier molecular flexibility index (Phi) is 3.58. The van der Waals surface area contributed by atoms with Crippen molar-refractivity contribution in [1.82, 2.24) is 0 Å². The standard InChI is InChI=1S/C8H6O2S.C5H12/c9-11(10)6-5-7-3-1-2-4-8(7)11;1-5(2,3)4/h1-6H;1-4H3. The van der Waals surface area contributed by atoms with Crippen LogP contribution in [0.5, 0.6) is 0 Å². The van der Waals surface area contributed by atoms with Crippen LogP contribution in [0.25, 0.3) is 6.08 Å². The largest absolute Gasteiger partial charge is 0.219 e. The second-order valence-corrected chi connectivity index (χ2v) is 7.19. The third-order valence-electron chi connectivity index (χ3n) is 1.65. The fourth-order valence-electron chi connectivity index (χ4n) is 1.11. The Morgan fingerprint density at radius 2 is 1.50 bits per heavy atom. The van der Waals surface area contributed by atoms with Crippen molar-refractivity contribution < 1.29 is 8.42 Å². The van der Waals surface area contributed by atoms with Crippen LogP contribution in [0.4, 0.5) is 0 Å². The highest BCUT2D eigenvalue weighted by atomic mass is 32.2. The molecule has 0 amide bonds. The first-order valence-corrected chi connectivity index (χ1v) is 6.77. The number of hydrogen-bond donors (Lipinski definition) is 0. The molecule has 1 aromatic rings. The van der Waals surface area contributed by atoms with Crippen LogP contribution in [0.2, 0.25) is 0 Å². The molecule has 0 aliphatic carbocycles. The van der Waals surface area contributed by atoms with Gasteiger partial charge in [-0.15, -0.1) is 0 Å². The molecule has 0 spiro atoms. The Labute approximate surface area is 97.9 Å². The first kappa shape index (κ1) is 13.0. The van der Waals surface area contributed by atoms with Gasteiger partial charge in [0.15, 0.2) is 9.84 Å². The number of benzene rings is 1. The lowest BCUT2D eigenvalue weighted by Crippen LogP contribution is -1.93. The van der Waals surface area contributed by atoms with Crippen LogP contribution < -0.4 is 0 Å². The molecule has 3 heteroatoms. The van der Waals surface area contributed by atoms with Gasteiger partial charge in [-0.2, -0.15) is 0 Å². The van der Waals surface area contributed by atoms with E-state index in [1.165, 1.54) is 5.41 Å². The summed E-state index contributed by atoms with van der Waals surface area (Å²) >= 11 is 0. The first-order valence-electron chi connectivity index (χ1n) is 5.22. The SMILES string of the molecule is CC(C)(C)C.O=S1(=O)C=Cc2ccccc21. The molecule has 1 aliphatic rings. The second kappa shape index (κ2) is 4.42. The van der Waals surface area contributed by atoms with E-state index in [4.69, 9.17) is 0 Å². The molecule has 16 heavy (non-hydrogen) atoms. The van der Waals surface area contributed by atoms with Crippen LogP contribution in [0.15, 0.2) is 34.6 Å². The molecule has 0 saturated heterocycles. The monoisotopic (exact) mass is 238 g/mol. The number of hydrogen-bond acceptors (Lipinski definition) is 2. The Balaban J connectivity index is 0.000000221. The highest BCUT2D eigenvalue weighted by Crippen LogP contribution is 2.25. The molecule has 0 saturated carbocycles. The van der Waals surface area contributed by atoms with Gasteiger partial charge in [0, 0.05) is 5.41 Å². The Hall–Kier alpha value is -1.09. The van der Waals surface area contributed by atoms with Gasteiger partial charge >= 0.3 is 0 Å². The van der Waals surface area contributed by atoms with E-state index in [1.807, 2.05) is 6.07 Å². The minimum absolute atomic E-state index is 0.417. The maximum atomic E-state index is 11.2. The van der Waals surface area contributed by atoms with Crippen LogP contribution in [-0.4, -0.2) is 8.42 Å². The molecule has 0 fully saturated rings. The van der Waals surface area contributed by atoms with E-state index < -0.39 is 9.84 Å². The lowest BCUT2D eigenvalue weighted by molar-refractivity contribution is 0.469. The van der Waals surface area contributed by atoms with Crippen molar-refractivity contribution in [3.05, 3.63) is 35.2 Å². The summed E-state index contributed by atoms with van der Waals surface area (Å²) in [7, 11) is -3.09. The van der Waals surface area contributed by atoms with Crippen LogP contribution in [-0.2, 0) is 9.84 Å². The number of rotatable bonds is 0. The summed E-state index contributed by atoms with van der Waals surface area (Å²) in [5.41, 5.74) is 1.28. The van der Waals surface area contributed by atoms with Gasteiger partial charge in [0.25, 0.3) is 0 Å². The zero-order valence-corrected chi connectivity index (χ0v) is 11.0. The van der Waals surface area contributed by atoms with Gasteiger partial charge in [-0.3, -0.25) is 0 Å². The molecule has 2 nitrogen and oxygen atoms in total. The predicted molar refractivity (Wildman–Crippen MR) is 67.8 cm³/mol. The smallest absolute Gasteiger partial charge is 0.200 e. The normalized spacial score (nSPS) is 16.2. The van der Waals surface area contributed by atoms with Gasteiger partial charge in [0.05, 0.1) is 4.90 Å². The van der Waals surface area contributed by atoms with Crippen molar-refractivity contribution in [3.63, 3.8) is 0 Å². The topological polar surface area (TPSA) is 34.1 Å². The van der Waals surface area contributed by atoms with E-state index in [2.05, 4.69) is 27.7 Å². The molecular weight excluding hydrogens is 220 g/mol. The van der Waals surface area contributed by atoms with E-state index in [0.29, 0.717) is 10.3 Å². The van der Waals surface area contributed by atoms with E-state index in [0.717, 1.165) is 5.56 Å². The molecule has 0 radical (unpaired) electrons. The molecule has 0 atom stereocenters. The molecule has 1 aromatic carbocycles. The lowest BCUT2D eigenvalue weighted by atomic mass is 10.0. The van der Waals surface area contributed by atoms with Gasteiger partial charge < -0.3 is 0 Å². The highest BCUT2D eigenvalue weighted by Gasteiger charge is 2.18. The number of sulfone groups is 1. The Morgan fingerprint density at radius 3 is 2.00 bits per heavy atom. The quantitative estimate of drug-likeness (QED) is 0.693. The van der Waals surface area contributed by atoms with Crippen LogP contribution in [0, 0.1) is 5.41 Å². The van der Waals surface area contributed by atoms with Gasteiger partial charge in [-0.05, 0) is 23.1 Å². The first-order chi connectivity index (χ1) is 7.20. The summed E-state index contributed by atoms with van der Waals surface area (Å²) in [5.74, 6) is 0. The van der Waals surface area contributed by atoms with Crippen molar-refractivity contribution in [2.75, 3.05) is 0 Å². The summed E-state index contributed by atoms with van der Waals surface area (Å²) in [6.07, 6.45) is 1.62. The van der Waals surface area contributed by atoms with E-state index in [-0.39, 0.29) is 0 Å². The van der Waals surface area contributed by atoms with Gasteiger partial charge in [-0.1, -0.05) is 45.9 Å². The van der Waals surface area contributed by atoms with Crippen molar-refractivity contribution in [2.45, 2.75) is 32.6 Å². The molecule has 1 heterocycles. The van der Waals surface area contributed by atoms with E-state index in [1.54, 1.807) is 24.3 Å². The lowest BCUT2D eigenvalue weighted by Gasteiger charge is -2.05. The third-order valence-corrected chi connectivity index (χ3v) is 3.13. The summed E-state index contributed by atoms with van der Waals surface area (Å²) < 4.78 is 22.3. The molecule has 0 unspecified atom stereocenters. The summed E-state index contributed by atoms with van der Waals surface area (Å²) in [5, 5.41) is 1.23. The second-order valence-electron chi connectivity index (χ2n) is 5.39. The molecule has 1 aliphatic heterocycles. The summed E-state index contributed by atoms with van der Waals surface area (Å²) in [4.78, 5) is 0.417. The minimum atomic E-state index is -3.09. The average Bonchev–Trinajstić information content (AvgIpc) is 2.41. The van der Waals surface area contributed by atoms with E-state index in [9.17, 15) is 8.42 Å². The number of fused-ring (bicyclic) bond motifs is 1. The van der Waals surface area contributed by atoms with Crippen molar-refractivity contribution in [1.29, 1.82) is 0 Å². The highest BCUT2D eigenvalue weighted by molar-refractivity contribution is 7.94. The maximum Gasteiger partial charge on any atom is 0.200 e. The van der Waals surface area contributed by atoms with E-state index >= 15 is 0 Å².